The predicted octanol–water partition coefficient (Wildman–Crippen LogP) is 0.494. The second kappa shape index (κ2) is 5.14. The largest absolute Gasteiger partial charge is 0.313 e. The van der Waals surface area contributed by atoms with Crippen LogP contribution in [0.25, 0.3) is 0 Å². The Morgan fingerprint density at radius 1 is 1.29 bits per heavy atom. The fraction of sp³-hybridized carbons (Fsp3) is 0.833. The van der Waals surface area contributed by atoms with Crippen LogP contribution < -0.4 is 5.32 Å². The lowest BCUT2D eigenvalue weighted by molar-refractivity contribution is 0.317. The van der Waals surface area contributed by atoms with Crippen molar-refractivity contribution < 1.29 is 0 Å². The molecule has 5 nitrogen and oxygen atoms in total. The zero-order chi connectivity index (χ0) is 11.5. The molecule has 5 heteroatoms. The summed E-state index contributed by atoms with van der Waals surface area (Å²) >= 11 is 0. The Morgan fingerprint density at radius 2 is 2.24 bits per heavy atom. The maximum Gasteiger partial charge on any atom is 0.0692 e. The quantitative estimate of drug-likeness (QED) is 0.729. The van der Waals surface area contributed by atoms with Crippen molar-refractivity contribution in [2.75, 3.05) is 19.6 Å². The zero-order valence-corrected chi connectivity index (χ0v) is 10.3. The molecule has 0 radical (unpaired) electrons. The maximum absolute atomic E-state index is 3.96. The van der Waals surface area contributed by atoms with Crippen molar-refractivity contribution in [2.24, 2.45) is 0 Å². The van der Waals surface area contributed by atoms with Crippen molar-refractivity contribution in [3.05, 3.63) is 12.4 Å². The van der Waals surface area contributed by atoms with E-state index in [9.17, 15) is 0 Å². The molecule has 2 fully saturated rings. The van der Waals surface area contributed by atoms with Crippen molar-refractivity contribution in [3.63, 3.8) is 0 Å². The van der Waals surface area contributed by atoms with Crippen LogP contribution in [0.5, 0.6) is 0 Å². The molecular formula is C12H21N5. The SMILES string of the molecule is c1cn(CCCNC2CCN(C3CC3)C2)nn1. The lowest BCUT2D eigenvalue weighted by Gasteiger charge is -2.15. The van der Waals surface area contributed by atoms with Gasteiger partial charge < -0.3 is 5.32 Å². The molecule has 1 N–H and O–H groups in total. The van der Waals surface area contributed by atoms with Crippen LogP contribution in [0.15, 0.2) is 12.4 Å². The third-order valence-electron chi connectivity index (χ3n) is 3.75. The van der Waals surface area contributed by atoms with Gasteiger partial charge in [0.05, 0.1) is 6.20 Å². The minimum atomic E-state index is 0.714. The van der Waals surface area contributed by atoms with E-state index in [-0.39, 0.29) is 0 Å². The second-order valence-electron chi connectivity index (χ2n) is 5.19. The summed E-state index contributed by atoms with van der Waals surface area (Å²) in [6, 6.07) is 1.64. The van der Waals surface area contributed by atoms with E-state index < -0.39 is 0 Å². The molecule has 0 spiro atoms. The van der Waals surface area contributed by atoms with Gasteiger partial charge in [0.25, 0.3) is 0 Å². The molecule has 1 aromatic rings. The van der Waals surface area contributed by atoms with E-state index in [1.54, 1.807) is 6.20 Å². The van der Waals surface area contributed by atoms with Crippen LogP contribution in [0.4, 0.5) is 0 Å². The maximum atomic E-state index is 3.96. The van der Waals surface area contributed by atoms with E-state index in [0.29, 0.717) is 6.04 Å². The first-order valence-corrected chi connectivity index (χ1v) is 6.73. The Labute approximate surface area is 102 Å². The average Bonchev–Trinajstić information content (AvgIpc) is 2.89. The normalized spacial score (nSPS) is 25.5. The summed E-state index contributed by atoms with van der Waals surface area (Å²) in [6.07, 6.45) is 8.96. The Kier molecular flexibility index (Phi) is 3.38. The van der Waals surface area contributed by atoms with Crippen LogP contribution in [0.3, 0.4) is 0 Å². The molecule has 17 heavy (non-hydrogen) atoms. The first kappa shape index (κ1) is 11.2. The second-order valence-corrected chi connectivity index (χ2v) is 5.19. The van der Waals surface area contributed by atoms with E-state index in [2.05, 4.69) is 20.5 Å². The molecule has 0 amide bonds. The Morgan fingerprint density at radius 3 is 3.00 bits per heavy atom. The Bertz CT molecular complexity index is 333. The highest BCUT2D eigenvalue weighted by molar-refractivity contribution is 4.91. The van der Waals surface area contributed by atoms with Crippen molar-refractivity contribution >= 4 is 0 Å². The number of hydrogen-bond donors (Lipinski definition) is 1. The van der Waals surface area contributed by atoms with E-state index in [1.165, 1.54) is 32.4 Å². The van der Waals surface area contributed by atoms with Gasteiger partial charge in [-0.05, 0) is 32.2 Å². The number of hydrogen-bond acceptors (Lipinski definition) is 4. The van der Waals surface area contributed by atoms with Gasteiger partial charge in [-0.15, -0.1) is 5.10 Å². The van der Waals surface area contributed by atoms with Gasteiger partial charge in [-0.3, -0.25) is 9.58 Å². The summed E-state index contributed by atoms with van der Waals surface area (Å²) in [5.74, 6) is 0. The summed E-state index contributed by atoms with van der Waals surface area (Å²) in [4.78, 5) is 2.65. The van der Waals surface area contributed by atoms with Gasteiger partial charge in [-0.2, -0.15) is 0 Å². The molecule has 1 unspecified atom stereocenters. The first-order chi connectivity index (χ1) is 8.42. The lowest BCUT2D eigenvalue weighted by Crippen LogP contribution is -2.34. The summed E-state index contributed by atoms with van der Waals surface area (Å²) in [5.41, 5.74) is 0. The fourth-order valence-electron chi connectivity index (χ4n) is 2.62. The monoisotopic (exact) mass is 235 g/mol. The summed E-state index contributed by atoms with van der Waals surface area (Å²) in [5, 5.41) is 11.4. The molecule has 1 aliphatic carbocycles. The van der Waals surface area contributed by atoms with Crippen LogP contribution in [0, 0.1) is 0 Å². The molecule has 1 atom stereocenters. The van der Waals surface area contributed by atoms with Crippen LogP contribution >= 0.6 is 0 Å². The number of aromatic nitrogens is 3. The number of likely N-dealkylation sites (tertiary alicyclic amines) is 1. The molecule has 2 heterocycles. The van der Waals surface area contributed by atoms with Crippen LogP contribution in [-0.4, -0.2) is 51.6 Å². The fourth-order valence-corrected chi connectivity index (χ4v) is 2.62. The van der Waals surface area contributed by atoms with Gasteiger partial charge in [-0.25, -0.2) is 0 Å². The number of nitrogens with one attached hydrogen (secondary N) is 1. The van der Waals surface area contributed by atoms with Crippen molar-refractivity contribution in [3.8, 4) is 0 Å². The highest BCUT2D eigenvalue weighted by Gasteiger charge is 2.33. The van der Waals surface area contributed by atoms with Gasteiger partial charge in [0.2, 0.25) is 0 Å². The molecular weight excluding hydrogens is 214 g/mol. The molecule has 3 rings (SSSR count). The van der Waals surface area contributed by atoms with Gasteiger partial charge in [-0.1, -0.05) is 5.21 Å². The van der Waals surface area contributed by atoms with Crippen molar-refractivity contribution in [2.45, 2.75) is 44.3 Å². The minimum Gasteiger partial charge on any atom is -0.313 e. The molecule has 1 saturated carbocycles. The predicted molar refractivity (Wildman–Crippen MR) is 65.6 cm³/mol. The highest BCUT2D eigenvalue weighted by atomic mass is 15.4. The molecule has 1 aromatic heterocycles. The van der Waals surface area contributed by atoms with Crippen molar-refractivity contribution in [1.82, 2.24) is 25.2 Å². The Balaban J connectivity index is 1.30. The zero-order valence-electron chi connectivity index (χ0n) is 10.3. The summed E-state index contributed by atoms with van der Waals surface area (Å²) < 4.78 is 1.90. The highest BCUT2D eigenvalue weighted by Crippen LogP contribution is 2.29. The number of rotatable bonds is 6. The molecule has 0 aromatic carbocycles. The van der Waals surface area contributed by atoms with E-state index in [0.717, 1.165) is 25.6 Å². The third-order valence-corrected chi connectivity index (χ3v) is 3.75. The summed E-state index contributed by atoms with van der Waals surface area (Å²) in [7, 11) is 0. The summed E-state index contributed by atoms with van der Waals surface area (Å²) in [6.45, 7) is 4.61. The van der Waals surface area contributed by atoms with Crippen LogP contribution in [0.1, 0.15) is 25.7 Å². The van der Waals surface area contributed by atoms with Crippen molar-refractivity contribution in [1.29, 1.82) is 0 Å². The van der Waals surface area contributed by atoms with Gasteiger partial charge in [0.1, 0.15) is 0 Å². The topological polar surface area (TPSA) is 46.0 Å². The van der Waals surface area contributed by atoms with Crippen LogP contribution in [-0.2, 0) is 6.54 Å². The van der Waals surface area contributed by atoms with E-state index in [1.807, 2.05) is 10.9 Å². The average molecular weight is 235 g/mol. The molecule has 94 valence electrons. The van der Waals surface area contributed by atoms with Gasteiger partial charge in [0.15, 0.2) is 0 Å². The standard InChI is InChI=1S/C12H21N5/c1(7-17-9-6-14-15-17)5-13-11-4-8-16(10-11)12-2-3-12/h6,9,11-13H,1-5,7-8,10H2. The number of aryl methyl sites for hydroxylation is 1. The van der Waals surface area contributed by atoms with E-state index >= 15 is 0 Å². The minimum absolute atomic E-state index is 0.714. The molecule has 1 aliphatic heterocycles. The Hall–Kier alpha value is -0.940. The van der Waals surface area contributed by atoms with Crippen LogP contribution in [0.2, 0.25) is 0 Å². The smallest absolute Gasteiger partial charge is 0.0692 e. The van der Waals surface area contributed by atoms with Gasteiger partial charge in [0, 0.05) is 37.9 Å². The molecule has 2 aliphatic rings. The van der Waals surface area contributed by atoms with E-state index in [4.69, 9.17) is 0 Å². The number of nitrogens with zero attached hydrogens (tertiary/aromatic N) is 4. The third kappa shape index (κ3) is 3.04. The molecule has 1 saturated heterocycles. The van der Waals surface area contributed by atoms with Gasteiger partial charge >= 0.3 is 0 Å². The lowest BCUT2D eigenvalue weighted by atomic mass is 10.2. The first-order valence-electron chi connectivity index (χ1n) is 6.73. The molecule has 0 bridgehead atoms.